The highest BCUT2D eigenvalue weighted by Crippen LogP contribution is 2.48. The van der Waals surface area contributed by atoms with Gasteiger partial charge in [0.1, 0.15) is 0 Å². The van der Waals surface area contributed by atoms with Crippen molar-refractivity contribution < 1.29 is 5.11 Å². The molecular weight excluding hydrogens is 184 g/mol. The van der Waals surface area contributed by atoms with Crippen molar-refractivity contribution in [2.45, 2.75) is 46.1 Å². The van der Waals surface area contributed by atoms with Gasteiger partial charge in [-0.1, -0.05) is 24.6 Å². The Kier molecular flexibility index (Phi) is 3.01. The molecule has 0 spiro atoms. The third-order valence-electron chi connectivity index (χ3n) is 4.12. The van der Waals surface area contributed by atoms with Crippen LogP contribution in [-0.2, 0) is 0 Å². The minimum Gasteiger partial charge on any atom is -0.389 e. The first-order chi connectivity index (χ1) is 7.11. The number of hydrogen-bond donors (Lipinski definition) is 1. The van der Waals surface area contributed by atoms with E-state index < -0.39 is 0 Å². The van der Waals surface area contributed by atoms with E-state index in [9.17, 15) is 5.11 Å². The summed E-state index contributed by atoms with van der Waals surface area (Å²) >= 11 is 0. The van der Waals surface area contributed by atoms with E-state index >= 15 is 0 Å². The van der Waals surface area contributed by atoms with Crippen molar-refractivity contribution in [2.75, 3.05) is 0 Å². The second-order valence-corrected chi connectivity index (χ2v) is 5.25. The molecule has 2 aliphatic rings. The first-order valence-electron chi connectivity index (χ1n) is 6.16. The number of hydrogen-bond acceptors (Lipinski definition) is 1. The van der Waals surface area contributed by atoms with Crippen LogP contribution in [-0.4, -0.2) is 11.2 Å². The van der Waals surface area contributed by atoms with Crippen LogP contribution >= 0.6 is 0 Å². The summed E-state index contributed by atoms with van der Waals surface area (Å²) in [5, 5.41) is 9.74. The van der Waals surface area contributed by atoms with E-state index in [-0.39, 0.29) is 6.10 Å². The summed E-state index contributed by atoms with van der Waals surface area (Å²) in [5.41, 5.74) is 2.74. The highest BCUT2D eigenvalue weighted by atomic mass is 16.3. The Morgan fingerprint density at radius 3 is 2.87 bits per heavy atom. The second-order valence-electron chi connectivity index (χ2n) is 5.25. The summed E-state index contributed by atoms with van der Waals surface area (Å²) in [6, 6.07) is 0. The number of allylic oxidation sites excluding steroid dienone is 3. The van der Waals surface area contributed by atoms with Gasteiger partial charge < -0.3 is 5.11 Å². The van der Waals surface area contributed by atoms with E-state index in [0.29, 0.717) is 5.92 Å². The fourth-order valence-electron chi connectivity index (χ4n) is 3.22. The summed E-state index contributed by atoms with van der Waals surface area (Å²) in [4.78, 5) is 0. The molecule has 2 bridgehead atoms. The standard InChI is InChI=1S/C14H22O/c1-4-14(15)10(3)6-12-7-11-5-9(2)13(12)8-11/h5-6,11-15H,4,7-8H2,1-3H3. The molecule has 4 atom stereocenters. The van der Waals surface area contributed by atoms with Crippen molar-refractivity contribution in [3.05, 3.63) is 23.3 Å². The molecule has 15 heavy (non-hydrogen) atoms. The zero-order chi connectivity index (χ0) is 11.0. The van der Waals surface area contributed by atoms with Crippen LogP contribution in [0.2, 0.25) is 0 Å². The Hall–Kier alpha value is -0.560. The SMILES string of the molecule is CCC(O)C(C)=CC1CC2C=C(C)C1C2. The molecule has 0 aromatic carbocycles. The molecule has 4 unspecified atom stereocenters. The molecule has 1 nitrogen and oxygen atoms in total. The van der Waals surface area contributed by atoms with Gasteiger partial charge in [-0.15, -0.1) is 0 Å². The van der Waals surface area contributed by atoms with E-state index in [2.05, 4.69) is 26.0 Å². The molecule has 0 heterocycles. The number of fused-ring (bicyclic) bond motifs is 2. The Bertz CT molecular complexity index is 300. The molecule has 0 aromatic rings. The number of aliphatic hydroxyl groups excluding tert-OH is 1. The second kappa shape index (κ2) is 4.13. The average molecular weight is 206 g/mol. The molecule has 1 saturated carbocycles. The van der Waals surface area contributed by atoms with Gasteiger partial charge in [0.25, 0.3) is 0 Å². The fourth-order valence-corrected chi connectivity index (χ4v) is 3.22. The van der Waals surface area contributed by atoms with Crippen molar-refractivity contribution in [1.82, 2.24) is 0 Å². The lowest BCUT2D eigenvalue weighted by Gasteiger charge is -2.20. The minimum atomic E-state index is -0.228. The summed E-state index contributed by atoms with van der Waals surface area (Å²) in [5.74, 6) is 2.29. The maximum absolute atomic E-state index is 9.74. The van der Waals surface area contributed by atoms with Crippen molar-refractivity contribution >= 4 is 0 Å². The van der Waals surface area contributed by atoms with Crippen molar-refractivity contribution in [3.63, 3.8) is 0 Å². The normalized spacial score (nSPS) is 36.9. The molecule has 0 amide bonds. The Morgan fingerprint density at radius 2 is 2.33 bits per heavy atom. The van der Waals surface area contributed by atoms with Crippen molar-refractivity contribution in [3.8, 4) is 0 Å². The monoisotopic (exact) mass is 206 g/mol. The molecule has 0 aliphatic heterocycles. The van der Waals surface area contributed by atoms with E-state index in [1.807, 2.05) is 6.92 Å². The van der Waals surface area contributed by atoms with Crippen LogP contribution in [0.15, 0.2) is 23.3 Å². The predicted molar refractivity (Wildman–Crippen MR) is 63.5 cm³/mol. The molecule has 1 heteroatoms. The largest absolute Gasteiger partial charge is 0.389 e. The van der Waals surface area contributed by atoms with Crippen LogP contribution < -0.4 is 0 Å². The lowest BCUT2D eigenvalue weighted by atomic mass is 9.86. The highest BCUT2D eigenvalue weighted by molar-refractivity contribution is 5.23. The van der Waals surface area contributed by atoms with Gasteiger partial charge in [0.2, 0.25) is 0 Å². The zero-order valence-corrected chi connectivity index (χ0v) is 10.0. The summed E-state index contributed by atoms with van der Waals surface area (Å²) in [6.07, 6.45) is 8.03. The van der Waals surface area contributed by atoms with E-state index in [1.54, 1.807) is 5.57 Å². The van der Waals surface area contributed by atoms with Crippen LogP contribution in [0.25, 0.3) is 0 Å². The Balaban J connectivity index is 2.05. The van der Waals surface area contributed by atoms with Crippen molar-refractivity contribution in [2.24, 2.45) is 17.8 Å². The van der Waals surface area contributed by atoms with Crippen LogP contribution in [0.1, 0.15) is 40.0 Å². The Labute approximate surface area is 92.9 Å². The van der Waals surface area contributed by atoms with Gasteiger partial charge in [-0.3, -0.25) is 0 Å². The van der Waals surface area contributed by atoms with Gasteiger partial charge in [0.05, 0.1) is 6.10 Å². The molecule has 84 valence electrons. The number of aliphatic hydroxyl groups is 1. The van der Waals surface area contributed by atoms with Crippen LogP contribution in [0.4, 0.5) is 0 Å². The van der Waals surface area contributed by atoms with Gasteiger partial charge in [-0.25, -0.2) is 0 Å². The highest BCUT2D eigenvalue weighted by Gasteiger charge is 2.37. The maximum Gasteiger partial charge on any atom is 0.0744 e. The smallest absolute Gasteiger partial charge is 0.0744 e. The van der Waals surface area contributed by atoms with Crippen LogP contribution in [0.5, 0.6) is 0 Å². The molecule has 0 radical (unpaired) electrons. The molecule has 2 rings (SSSR count). The first-order valence-corrected chi connectivity index (χ1v) is 6.16. The summed E-state index contributed by atoms with van der Waals surface area (Å²) in [6.45, 7) is 6.36. The summed E-state index contributed by atoms with van der Waals surface area (Å²) < 4.78 is 0. The van der Waals surface area contributed by atoms with E-state index in [4.69, 9.17) is 0 Å². The quantitative estimate of drug-likeness (QED) is 0.702. The third kappa shape index (κ3) is 2.03. The topological polar surface area (TPSA) is 20.2 Å². The molecule has 2 aliphatic carbocycles. The zero-order valence-electron chi connectivity index (χ0n) is 10.0. The van der Waals surface area contributed by atoms with E-state index in [1.165, 1.54) is 18.4 Å². The Morgan fingerprint density at radius 1 is 1.60 bits per heavy atom. The van der Waals surface area contributed by atoms with Gasteiger partial charge >= 0.3 is 0 Å². The molecule has 0 aromatic heterocycles. The minimum absolute atomic E-state index is 0.228. The lowest BCUT2D eigenvalue weighted by molar-refractivity contribution is 0.205. The van der Waals surface area contributed by atoms with Gasteiger partial charge in [-0.05, 0) is 56.4 Å². The molecule has 1 N–H and O–H groups in total. The van der Waals surface area contributed by atoms with Crippen LogP contribution in [0, 0.1) is 17.8 Å². The summed E-state index contributed by atoms with van der Waals surface area (Å²) in [7, 11) is 0. The molecule has 1 fully saturated rings. The van der Waals surface area contributed by atoms with Crippen LogP contribution in [0.3, 0.4) is 0 Å². The molecule has 0 saturated heterocycles. The average Bonchev–Trinajstić information content (AvgIpc) is 2.74. The third-order valence-corrected chi connectivity index (χ3v) is 4.12. The number of rotatable bonds is 3. The predicted octanol–water partition coefficient (Wildman–Crippen LogP) is 3.31. The van der Waals surface area contributed by atoms with E-state index in [0.717, 1.165) is 18.3 Å². The maximum atomic E-state index is 9.74. The van der Waals surface area contributed by atoms with Gasteiger partial charge in [-0.2, -0.15) is 0 Å². The molecular formula is C14H22O. The fraction of sp³-hybridized carbons (Fsp3) is 0.714. The first kappa shape index (κ1) is 10.9. The lowest BCUT2D eigenvalue weighted by Crippen LogP contribution is -2.12. The van der Waals surface area contributed by atoms with Gasteiger partial charge in [0, 0.05) is 0 Å². The van der Waals surface area contributed by atoms with Crippen molar-refractivity contribution in [1.29, 1.82) is 0 Å². The van der Waals surface area contributed by atoms with Gasteiger partial charge in [0.15, 0.2) is 0 Å².